The molecule has 0 bridgehead atoms. The highest BCUT2D eigenvalue weighted by Crippen LogP contribution is 2.20. The number of nitrogens with one attached hydrogen (secondary N) is 1. The van der Waals surface area contributed by atoms with Crippen molar-refractivity contribution in [2.75, 3.05) is 19.0 Å². The number of pyridine rings is 1. The van der Waals surface area contributed by atoms with Crippen molar-refractivity contribution in [1.29, 1.82) is 0 Å². The molecular weight excluding hydrogens is 284 g/mol. The summed E-state index contributed by atoms with van der Waals surface area (Å²) in [7, 11) is 4.03. The summed E-state index contributed by atoms with van der Waals surface area (Å²) in [6.07, 6.45) is 0. The standard InChI is InChI=1S/C17H16N4.C2H6/c1-21(2)15-10-8-14(9-11-15)19-20-17-12-7-13-5-3-4-6-16(13)18-17;1-2/h3-12H,1-2H3;1-2H3/p+1. The van der Waals surface area contributed by atoms with Gasteiger partial charge >= 0.3 is 5.82 Å². The molecule has 118 valence electrons. The second-order valence-electron chi connectivity index (χ2n) is 5.04. The van der Waals surface area contributed by atoms with E-state index in [9.17, 15) is 0 Å². The Morgan fingerprint density at radius 3 is 2.17 bits per heavy atom. The summed E-state index contributed by atoms with van der Waals surface area (Å²) in [5, 5.41) is 9.68. The van der Waals surface area contributed by atoms with Crippen molar-refractivity contribution in [3.8, 4) is 0 Å². The van der Waals surface area contributed by atoms with E-state index in [0.717, 1.165) is 28.1 Å². The number of azo groups is 1. The lowest BCUT2D eigenvalue weighted by Crippen LogP contribution is -2.07. The number of para-hydroxylation sites is 1. The van der Waals surface area contributed by atoms with E-state index in [0.29, 0.717) is 0 Å². The fourth-order valence-electron chi connectivity index (χ4n) is 2.09. The SMILES string of the molecule is CC.CN(C)c1ccc(N=Nc2ccc3ccccc3[nH+]2)cc1. The van der Waals surface area contributed by atoms with Crippen LogP contribution in [0.1, 0.15) is 13.8 Å². The monoisotopic (exact) mass is 307 g/mol. The Bertz CT molecular complexity index is 777. The first-order valence-electron chi connectivity index (χ1n) is 7.82. The number of hydrogen-bond donors (Lipinski definition) is 0. The number of anilines is 1. The van der Waals surface area contributed by atoms with E-state index < -0.39 is 0 Å². The second-order valence-corrected chi connectivity index (χ2v) is 5.04. The van der Waals surface area contributed by atoms with Gasteiger partial charge in [-0.05, 0) is 41.5 Å². The van der Waals surface area contributed by atoms with Crippen LogP contribution in [0.25, 0.3) is 10.9 Å². The lowest BCUT2D eigenvalue weighted by molar-refractivity contribution is -0.329. The molecule has 0 fully saturated rings. The molecule has 0 aliphatic carbocycles. The molecule has 1 N–H and O–H groups in total. The maximum Gasteiger partial charge on any atom is 0.348 e. The van der Waals surface area contributed by atoms with Crippen LogP contribution in [0.15, 0.2) is 70.9 Å². The van der Waals surface area contributed by atoms with Crippen molar-refractivity contribution in [3.05, 3.63) is 60.7 Å². The fourth-order valence-corrected chi connectivity index (χ4v) is 2.09. The normalized spacial score (nSPS) is 10.4. The minimum atomic E-state index is 0.741. The zero-order valence-corrected chi connectivity index (χ0v) is 14.1. The van der Waals surface area contributed by atoms with Gasteiger partial charge in [-0.15, -0.1) is 0 Å². The molecule has 3 aromatic rings. The van der Waals surface area contributed by atoms with Crippen LogP contribution in [0.4, 0.5) is 17.2 Å². The topological polar surface area (TPSA) is 42.1 Å². The van der Waals surface area contributed by atoms with Gasteiger partial charge in [-0.3, -0.25) is 0 Å². The summed E-state index contributed by atoms with van der Waals surface area (Å²) in [6, 6.07) is 20.0. The molecule has 4 nitrogen and oxygen atoms in total. The molecular formula is C19H23N4+. The number of rotatable bonds is 3. The number of aromatic amines is 1. The van der Waals surface area contributed by atoms with Crippen LogP contribution in [-0.4, -0.2) is 14.1 Å². The van der Waals surface area contributed by atoms with Crippen molar-refractivity contribution in [1.82, 2.24) is 0 Å². The van der Waals surface area contributed by atoms with Gasteiger partial charge in [0.15, 0.2) is 0 Å². The van der Waals surface area contributed by atoms with E-state index in [-0.39, 0.29) is 0 Å². The first-order valence-corrected chi connectivity index (χ1v) is 7.82. The zero-order chi connectivity index (χ0) is 16.7. The molecule has 0 saturated heterocycles. The van der Waals surface area contributed by atoms with Crippen LogP contribution in [-0.2, 0) is 0 Å². The molecule has 0 aliphatic heterocycles. The summed E-state index contributed by atoms with van der Waals surface area (Å²) in [5.74, 6) is 0.741. The number of fused-ring (bicyclic) bond motifs is 1. The Hall–Kier alpha value is -2.75. The van der Waals surface area contributed by atoms with E-state index in [2.05, 4.69) is 26.2 Å². The molecule has 23 heavy (non-hydrogen) atoms. The van der Waals surface area contributed by atoms with Crippen molar-refractivity contribution < 1.29 is 4.98 Å². The van der Waals surface area contributed by atoms with Gasteiger partial charge in [0, 0.05) is 31.2 Å². The maximum atomic E-state index is 4.26. The molecule has 0 spiro atoms. The van der Waals surface area contributed by atoms with Crippen LogP contribution < -0.4 is 9.88 Å². The van der Waals surface area contributed by atoms with Gasteiger partial charge in [0.1, 0.15) is 11.2 Å². The lowest BCUT2D eigenvalue weighted by Gasteiger charge is -2.11. The number of benzene rings is 2. The summed E-state index contributed by atoms with van der Waals surface area (Å²) >= 11 is 0. The van der Waals surface area contributed by atoms with E-state index in [1.54, 1.807) is 0 Å². The number of H-pyrrole nitrogens is 1. The van der Waals surface area contributed by atoms with Gasteiger partial charge in [0.25, 0.3) is 0 Å². The molecule has 3 rings (SSSR count). The minimum Gasteiger partial charge on any atom is -0.378 e. The van der Waals surface area contributed by atoms with E-state index in [4.69, 9.17) is 0 Å². The predicted octanol–water partition coefficient (Wildman–Crippen LogP) is 5.16. The van der Waals surface area contributed by atoms with Crippen molar-refractivity contribution in [2.45, 2.75) is 13.8 Å². The Morgan fingerprint density at radius 2 is 1.48 bits per heavy atom. The third-order valence-electron chi connectivity index (χ3n) is 3.28. The van der Waals surface area contributed by atoms with Gasteiger partial charge in [0.05, 0.1) is 5.11 Å². The van der Waals surface area contributed by atoms with Crippen molar-refractivity contribution in [3.63, 3.8) is 0 Å². The molecule has 0 unspecified atom stereocenters. The summed E-state index contributed by atoms with van der Waals surface area (Å²) in [4.78, 5) is 5.31. The van der Waals surface area contributed by atoms with Gasteiger partial charge in [-0.2, -0.15) is 0 Å². The van der Waals surface area contributed by atoms with E-state index in [1.165, 1.54) is 0 Å². The Morgan fingerprint density at radius 1 is 0.783 bits per heavy atom. The second kappa shape index (κ2) is 8.03. The Kier molecular flexibility index (Phi) is 5.80. The first kappa shape index (κ1) is 16.6. The third kappa shape index (κ3) is 4.36. The first-order chi connectivity index (χ1) is 11.2. The van der Waals surface area contributed by atoms with Crippen LogP contribution >= 0.6 is 0 Å². The van der Waals surface area contributed by atoms with E-state index >= 15 is 0 Å². The quantitative estimate of drug-likeness (QED) is 0.616. The van der Waals surface area contributed by atoms with Crippen LogP contribution in [0, 0.1) is 0 Å². The lowest BCUT2D eigenvalue weighted by atomic mass is 10.2. The highest BCUT2D eigenvalue weighted by atomic mass is 15.1. The molecule has 1 aromatic heterocycles. The fraction of sp³-hybridized carbons (Fsp3) is 0.211. The smallest absolute Gasteiger partial charge is 0.348 e. The molecule has 0 atom stereocenters. The van der Waals surface area contributed by atoms with Crippen LogP contribution in [0.2, 0.25) is 0 Å². The average molecular weight is 307 g/mol. The highest BCUT2D eigenvalue weighted by molar-refractivity contribution is 5.75. The molecule has 0 radical (unpaired) electrons. The third-order valence-corrected chi connectivity index (χ3v) is 3.28. The van der Waals surface area contributed by atoms with E-state index in [1.807, 2.05) is 82.5 Å². The Balaban J connectivity index is 0.000000924. The Labute approximate surface area is 137 Å². The molecule has 2 aromatic carbocycles. The summed E-state index contributed by atoms with van der Waals surface area (Å²) in [6.45, 7) is 4.00. The number of nitrogens with zero attached hydrogens (tertiary/aromatic N) is 3. The molecule has 0 saturated carbocycles. The molecule has 0 amide bonds. The average Bonchev–Trinajstić information content (AvgIpc) is 2.62. The zero-order valence-electron chi connectivity index (χ0n) is 14.1. The van der Waals surface area contributed by atoms with Gasteiger partial charge in [-0.1, -0.05) is 32.0 Å². The van der Waals surface area contributed by atoms with Gasteiger partial charge in [-0.25, -0.2) is 4.98 Å². The van der Waals surface area contributed by atoms with Crippen LogP contribution in [0.3, 0.4) is 0 Å². The number of hydrogen-bond acceptors (Lipinski definition) is 3. The van der Waals surface area contributed by atoms with Gasteiger partial charge in [0.2, 0.25) is 0 Å². The van der Waals surface area contributed by atoms with Crippen molar-refractivity contribution >= 4 is 28.1 Å². The maximum absolute atomic E-state index is 4.26. The van der Waals surface area contributed by atoms with Gasteiger partial charge < -0.3 is 4.90 Å². The van der Waals surface area contributed by atoms with Crippen LogP contribution in [0.5, 0.6) is 0 Å². The number of aromatic nitrogens is 1. The summed E-state index contributed by atoms with van der Waals surface area (Å²) < 4.78 is 0. The largest absolute Gasteiger partial charge is 0.378 e. The predicted molar refractivity (Wildman–Crippen MR) is 96.8 cm³/mol. The molecule has 0 aliphatic rings. The highest BCUT2D eigenvalue weighted by Gasteiger charge is 2.04. The molecule has 1 heterocycles. The minimum absolute atomic E-state index is 0.741. The summed E-state index contributed by atoms with van der Waals surface area (Å²) in [5.41, 5.74) is 3.03. The van der Waals surface area contributed by atoms with Crippen molar-refractivity contribution in [2.24, 2.45) is 10.2 Å². The molecule has 4 heteroatoms.